The smallest absolute Gasteiger partial charge is 0.0756 e. The topological polar surface area (TPSA) is 0 Å². The van der Waals surface area contributed by atoms with Crippen molar-refractivity contribution in [2.24, 2.45) is 0 Å². The van der Waals surface area contributed by atoms with Gasteiger partial charge in [0.1, 0.15) is 0 Å². The van der Waals surface area contributed by atoms with Gasteiger partial charge in [0.2, 0.25) is 0 Å². The summed E-state index contributed by atoms with van der Waals surface area (Å²) in [5, 5.41) is 2.00. The van der Waals surface area contributed by atoms with Gasteiger partial charge in [0.05, 0.1) is 4.21 Å². The van der Waals surface area contributed by atoms with Crippen LogP contribution in [0.15, 0.2) is 21.7 Å². The number of hydrogen-bond acceptors (Lipinski definition) is 2. The molecule has 1 heterocycles. The van der Waals surface area contributed by atoms with Gasteiger partial charge in [-0.1, -0.05) is 6.07 Å². The standard InChI is InChI=1S/C4H3ClS2/c5-7-4-2-1-3-6-4/h1-3H. The summed E-state index contributed by atoms with van der Waals surface area (Å²) < 4.78 is 1.15. The monoisotopic (exact) mass is 150 g/mol. The molecule has 0 amide bonds. The number of rotatable bonds is 1. The highest BCUT2D eigenvalue weighted by Gasteiger charge is 1.85. The van der Waals surface area contributed by atoms with Crippen molar-refractivity contribution in [3.05, 3.63) is 17.5 Å². The predicted octanol–water partition coefficient (Wildman–Crippen LogP) is 2.99. The summed E-state index contributed by atoms with van der Waals surface area (Å²) in [6.07, 6.45) is 0. The molecule has 0 aliphatic carbocycles. The van der Waals surface area contributed by atoms with Crippen molar-refractivity contribution < 1.29 is 0 Å². The van der Waals surface area contributed by atoms with Gasteiger partial charge in [-0.3, -0.25) is 0 Å². The zero-order valence-corrected chi connectivity index (χ0v) is 5.82. The molecule has 0 radical (unpaired) electrons. The Hall–Kier alpha value is 0.340. The van der Waals surface area contributed by atoms with Gasteiger partial charge < -0.3 is 0 Å². The molecule has 0 atom stereocenters. The lowest BCUT2D eigenvalue weighted by Crippen LogP contribution is -1.39. The van der Waals surface area contributed by atoms with Crippen LogP contribution < -0.4 is 0 Å². The molecule has 1 aromatic rings. The van der Waals surface area contributed by atoms with Crippen molar-refractivity contribution in [2.75, 3.05) is 0 Å². The first-order chi connectivity index (χ1) is 3.43. The maximum atomic E-state index is 5.40. The van der Waals surface area contributed by atoms with E-state index in [1.807, 2.05) is 17.5 Å². The summed E-state index contributed by atoms with van der Waals surface area (Å²) in [6.45, 7) is 0. The number of halogens is 1. The minimum absolute atomic E-state index is 1.15. The quantitative estimate of drug-likeness (QED) is 0.593. The van der Waals surface area contributed by atoms with Crippen LogP contribution in [0.2, 0.25) is 0 Å². The molecule has 0 unspecified atom stereocenters. The highest BCUT2D eigenvalue weighted by molar-refractivity contribution is 8.22. The average Bonchev–Trinajstić information content (AvgIpc) is 2.14. The van der Waals surface area contributed by atoms with Gasteiger partial charge in [0.15, 0.2) is 0 Å². The Morgan fingerprint density at radius 1 is 1.71 bits per heavy atom. The molecule has 1 rings (SSSR count). The molecule has 0 fully saturated rings. The number of thiophene rings is 1. The second-order valence-corrected chi connectivity index (χ2v) is 3.27. The second kappa shape index (κ2) is 2.60. The highest BCUT2D eigenvalue weighted by Crippen LogP contribution is 2.25. The van der Waals surface area contributed by atoms with Crippen molar-refractivity contribution in [3.63, 3.8) is 0 Å². The van der Waals surface area contributed by atoms with E-state index in [1.54, 1.807) is 11.3 Å². The van der Waals surface area contributed by atoms with Crippen LogP contribution in [0.5, 0.6) is 0 Å². The van der Waals surface area contributed by atoms with Crippen LogP contribution >= 0.6 is 33.0 Å². The Bertz CT molecular complexity index is 124. The van der Waals surface area contributed by atoms with Crippen LogP contribution in [0.4, 0.5) is 0 Å². The van der Waals surface area contributed by atoms with E-state index in [9.17, 15) is 0 Å². The lowest BCUT2D eigenvalue weighted by Gasteiger charge is -1.75. The molecule has 0 aliphatic rings. The molecule has 0 saturated heterocycles. The minimum Gasteiger partial charge on any atom is -0.136 e. The molecule has 0 saturated carbocycles. The fraction of sp³-hybridized carbons (Fsp3) is 0. The first-order valence-electron chi connectivity index (χ1n) is 1.75. The van der Waals surface area contributed by atoms with Crippen LogP contribution in [-0.4, -0.2) is 0 Å². The van der Waals surface area contributed by atoms with E-state index in [0.717, 1.165) is 4.21 Å². The third kappa shape index (κ3) is 1.37. The molecular weight excluding hydrogens is 148 g/mol. The van der Waals surface area contributed by atoms with Crippen LogP contribution in [0.1, 0.15) is 0 Å². The zero-order chi connectivity index (χ0) is 5.11. The molecule has 0 N–H and O–H groups in total. The molecule has 0 aliphatic heterocycles. The Kier molecular flexibility index (Phi) is 2.03. The second-order valence-electron chi connectivity index (χ2n) is 1.01. The molecule has 0 nitrogen and oxygen atoms in total. The largest absolute Gasteiger partial charge is 0.136 e. The van der Waals surface area contributed by atoms with E-state index < -0.39 is 0 Å². The van der Waals surface area contributed by atoms with E-state index in [-0.39, 0.29) is 0 Å². The Balaban J connectivity index is 2.76. The molecule has 0 bridgehead atoms. The van der Waals surface area contributed by atoms with Crippen LogP contribution in [0.3, 0.4) is 0 Å². The van der Waals surface area contributed by atoms with E-state index in [1.165, 1.54) is 11.0 Å². The van der Waals surface area contributed by atoms with Gasteiger partial charge in [-0.15, -0.1) is 11.3 Å². The summed E-state index contributed by atoms with van der Waals surface area (Å²) >= 11 is 1.65. The molecule has 0 spiro atoms. The fourth-order valence-electron chi connectivity index (χ4n) is 0.307. The lowest BCUT2D eigenvalue weighted by atomic mass is 10.7. The highest BCUT2D eigenvalue weighted by atomic mass is 35.7. The number of hydrogen-bond donors (Lipinski definition) is 0. The van der Waals surface area contributed by atoms with Gasteiger partial charge in [-0.25, -0.2) is 0 Å². The Morgan fingerprint density at radius 2 is 2.57 bits per heavy atom. The van der Waals surface area contributed by atoms with Gasteiger partial charge >= 0.3 is 0 Å². The Morgan fingerprint density at radius 3 is 2.86 bits per heavy atom. The van der Waals surface area contributed by atoms with Gasteiger partial charge in [-0.05, 0) is 33.1 Å². The van der Waals surface area contributed by atoms with Gasteiger partial charge in [0.25, 0.3) is 0 Å². The van der Waals surface area contributed by atoms with Crippen LogP contribution in [-0.2, 0) is 0 Å². The SMILES string of the molecule is ClSc1cccs1. The summed E-state index contributed by atoms with van der Waals surface area (Å²) in [7, 11) is 6.66. The Labute approximate surface area is 55.0 Å². The van der Waals surface area contributed by atoms with Crippen molar-refractivity contribution in [3.8, 4) is 0 Å². The predicted molar refractivity (Wildman–Crippen MR) is 36.0 cm³/mol. The summed E-state index contributed by atoms with van der Waals surface area (Å²) in [5.41, 5.74) is 0. The van der Waals surface area contributed by atoms with Crippen molar-refractivity contribution in [1.82, 2.24) is 0 Å². The normalized spacial score (nSPS) is 9.29. The molecule has 38 valence electrons. The van der Waals surface area contributed by atoms with Crippen molar-refractivity contribution in [1.29, 1.82) is 0 Å². The average molecular weight is 151 g/mol. The molecule has 7 heavy (non-hydrogen) atoms. The van der Waals surface area contributed by atoms with Gasteiger partial charge in [0, 0.05) is 0 Å². The van der Waals surface area contributed by atoms with Gasteiger partial charge in [-0.2, -0.15) is 0 Å². The lowest BCUT2D eigenvalue weighted by molar-refractivity contribution is 1.76. The molecule has 0 aromatic carbocycles. The molecule has 3 heteroatoms. The van der Waals surface area contributed by atoms with E-state index in [0.29, 0.717) is 0 Å². The first-order valence-corrected chi connectivity index (χ1v) is 4.28. The first kappa shape index (κ1) is 5.48. The summed E-state index contributed by atoms with van der Waals surface area (Å²) in [4.78, 5) is 0. The zero-order valence-electron chi connectivity index (χ0n) is 3.43. The molecular formula is C4H3ClS2. The third-order valence-electron chi connectivity index (χ3n) is 0.571. The summed E-state index contributed by atoms with van der Waals surface area (Å²) in [6, 6.07) is 3.97. The fourth-order valence-corrected chi connectivity index (χ4v) is 1.68. The van der Waals surface area contributed by atoms with E-state index >= 15 is 0 Å². The summed E-state index contributed by atoms with van der Waals surface area (Å²) in [5.74, 6) is 0. The van der Waals surface area contributed by atoms with Crippen LogP contribution in [0.25, 0.3) is 0 Å². The minimum atomic E-state index is 1.15. The molecule has 1 aromatic heterocycles. The van der Waals surface area contributed by atoms with E-state index in [2.05, 4.69) is 0 Å². The third-order valence-corrected chi connectivity index (χ3v) is 2.83. The van der Waals surface area contributed by atoms with Crippen molar-refractivity contribution >= 4 is 33.0 Å². The maximum absolute atomic E-state index is 5.40. The maximum Gasteiger partial charge on any atom is 0.0756 e. The van der Waals surface area contributed by atoms with Crippen LogP contribution in [0, 0.1) is 0 Å². The van der Waals surface area contributed by atoms with E-state index in [4.69, 9.17) is 10.7 Å². The van der Waals surface area contributed by atoms with Crippen molar-refractivity contribution in [2.45, 2.75) is 4.21 Å².